The maximum Gasteiger partial charge on any atom is 0.340 e. The van der Waals surface area contributed by atoms with Gasteiger partial charge in [0.2, 0.25) is 0 Å². The Bertz CT molecular complexity index is 533. The number of carboxylic acid groups (broad SMARTS) is 1. The number of nitrogens with zero attached hydrogens (tertiary/aromatic N) is 1. The summed E-state index contributed by atoms with van der Waals surface area (Å²) in [5.41, 5.74) is -0.562. The zero-order valence-electron chi connectivity index (χ0n) is 10.5. The average molecular weight is 275 g/mol. The van der Waals surface area contributed by atoms with E-state index in [0.29, 0.717) is 0 Å². The second-order valence-electron chi connectivity index (χ2n) is 4.76. The van der Waals surface area contributed by atoms with E-state index in [0.717, 1.165) is 12.6 Å². The molecule has 102 valence electrons. The molecule has 8 heteroatoms. The highest BCUT2D eigenvalue weighted by atomic mass is 32.2. The summed E-state index contributed by atoms with van der Waals surface area (Å²) in [5, 5.41) is 14.1. The molecule has 0 saturated heterocycles. The minimum Gasteiger partial charge on any atom is -0.478 e. The Hall–Kier alpha value is -1.41. The van der Waals surface area contributed by atoms with E-state index in [9.17, 15) is 13.2 Å². The third kappa shape index (κ3) is 3.30. The van der Waals surface area contributed by atoms with Crippen LogP contribution in [0.25, 0.3) is 0 Å². The van der Waals surface area contributed by atoms with Gasteiger partial charge in [0.15, 0.2) is 5.03 Å². The summed E-state index contributed by atoms with van der Waals surface area (Å²) >= 11 is 0. The largest absolute Gasteiger partial charge is 0.478 e. The second-order valence-corrected chi connectivity index (χ2v) is 6.46. The van der Waals surface area contributed by atoms with Crippen molar-refractivity contribution in [2.45, 2.75) is 32.2 Å². The van der Waals surface area contributed by atoms with E-state index in [2.05, 4.69) is 14.9 Å². The van der Waals surface area contributed by atoms with Gasteiger partial charge in [0.05, 0.1) is 6.20 Å². The zero-order chi connectivity index (χ0) is 14.0. The van der Waals surface area contributed by atoms with E-state index in [1.807, 2.05) is 20.8 Å². The van der Waals surface area contributed by atoms with Crippen molar-refractivity contribution in [1.82, 2.24) is 14.9 Å². The van der Waals surface area contributed by atoms with Crippen LogP contribution in [0.5, 0.6) is 0 Å². The summed E-state index contributed by atoms with van der Waals surface area (Å²) < 4.78 is 26.3. The minimum atomic E-state index is -3.88. The Morgan fingerprint density at radius 2 is 2.17 bits per heavy atom. The number of H-pyrrole nitrogens is 1. The fourth-order valence-electron chi connectivity index (χ4n) is 1.12. The Balaban J connectivity index is 2.94. The van der Waals surface area contributed by atoms with Gasteiger partial charge in [-0.15, -0.1) is 0 Å². The van der Waals surface area contributed by atoms with E-state index >= 15 is 0 Å². The van der Waals surface area contributed by atoms with Gasteiger partial charge in [-0.25, -0.2) is 17.9 Å². The lowest BCUT2D eigenvalue weighted by Crippen LogP contribution is -2.34. The SMILES string of the molecule is CCC(C)(C)CNS(=O)(=O)c1[nH]ncc1C(=O)O. The molecule has 7 nitrogen and oxygen atoms in total. The number of aromatic nitrogens is 2. The summed E-state index contributed by atoms with van der Waals surface area (Å²) in [5.74, 6) is -1.33. The average Bonchev–Trinajstić information content (AvgIpc) is 2.76. The lowest BCUT2D eigenvalue weighted by Gasteiger charge is -2.22. The van der Waals surface area contributed by atoms with Crippen LogP contribution in [0.2, 0.25) is 0 Å². The first kappa shape index (κ1) is 14.7. The van der Waals surface area contributed by atoms with Crippen LogP contribution in [0, 0.1) is 5.41 Å². The molecule has 0 aliphatic carbocycles. The van der Waals surface area contributed by atoms with Crippen molar-refractivity contribution in [1.29, 1.82) is 0 Å². The van der Waals surface area contributed by atoms with Crippen LogP contribution in [0.15, 0.2) is 11.2 Å². The maximum absolute atomic E-state index is 11.9. The number of carboxylic acids is 1. The minimum absolute atomic E-state index is 0.198. The molecular formula is C10H17N3O4S. The summed E-state index contributed by atoms with van der Waals surface area (Å²) in [6.07, 6.45) is 1.77. The molecule has 0 aliphatic heterocycles. The van der Waals surface area contributed by atoms with E-state index in [-0.39, 0.29) is 17.5 Å². The molecule has 1 aromatic heterocycles. The van der Waals surface area contributed by atoms with Crippen molar-refractivity contribution >= 4 is 16.0 Å². The van der Waals surface area contributed by atoms with E-state index < -0.39 is 21.0 Å². The van der Waals surface area contributed by atoms with Gasteiger partial charge in [0.25, 0.3) is 10.0 Å². The van der Waals surface area contributed by atoms with Gasteiger partial charge in [0, 0.05) is 6.54 Å². The molecule has 18 heavy (non-hydrogen) atoms. The molecule has 0 unspecified atom stereocenters. The highest BCUT2D eigenvalue weighted by Gasteiger charge is 2.26. The number of nitrogens with one attached hydrogen (secondary N) is 2. The molecule has 1 heterocycles. The van der Waals surface area contributed by atoms with Gasteiger partial charge in [-0.2, -0.15) is 5.10 Å². The molecule has 0 fully saturated rings. The first-order chi connectivity index (χ1) is 8.19. The van der Waals surface area contributed by atoms with Crippen LogP contribution in [0.3, 0.4) is 0 Å². The number of aromatic amines is 1. The van der Waals surface area contributed by atoms with Gasteiger partial charge in [-0.1, -0.05) is 20.8 Å². The molecule has 3 N–H and O–H groups in total. The van der Waals surface area contributed by atoms with Crippen molar-refractivity contribution in [2.75, 3.05) is 6.54 Å². The molecule has 1 rings (SSSR count). The van der Waals surface area contributed by atoms with E-state index in [4.69, 9.17) is 5.11 Å². The number of carbonyl (C=O) groups is 1. The van der Waals surface area contributed by atoms with Crippen molar-refractivity contribution < 1.29 is 18.3 Å². The predicted molar refractivity (Wildman–Crippen MR) is 64.8 cm³/mol. The van der Waals surface area contributed by atoms with Crippen molar-refractivity contribution in [3.63, 3.8) is 0 Å². The summed E-state index contributed by atoms with van der Waals surface area (Å²) in [7, 11) is -3.88. The van der Waals surface area contributed by atoms with Gasteiger partial charge in [0.1, 0.15) is 5.56 Å². The fraction of sp³-hybridized carbons (Fsp3) is 0.600. The maximum atomic E-state index is 11.9. The second kappa shape index (κ2) is 5.07. The Morgan fingerprint density at radius 3 is 2.67 bits per heavy atom. The monoisotopic (exact) mass is 275 g/mol. The van der Waals surface area contributed by atoms with E-state index in [1.54, 1.807) is 0 Å². The normalized spacial score (nSPS) is 12.6. The Morgan fingerprint density at radius 1 is 1.56 bits per heavy atom. The highest BCUT2D eigenvalue weighted by molar-refractivity contribution is 7.89. The number of aromatic carboxylic acids is 1. The van der Waals surface area contributed by atoms with E-state index in [1.165, 1.54) is 0 Å². The number of hydrogen-bond donors (Lipinski definition) is 3. The Labute approximate surface area is 106 Å². The molecule has 0 saturated carbocycles. The van der Waals surface area contributed by atoms with Crippen molar-refractivity contribution in [3.8, 4) is 0 Å². The van der Waals surface area contributed by atoms with Crippen LogP contribution < -0.4 is 4.72 Å². The van der Waals surface area contributed by atoms with Crippen molar-refractivity contribution in [2.24, 2.45) is 5.41 Å². The van der Waals surface area contributed by atoms with Crippen molar-refractivity contribution in [3.05, 3.63) is 11.8 Å². The van der Waals surface area contributed by atoms with Crippen LogP contribution in [-0.2, 0) is 10.0 Å². The first-order valence-electron chi connectivity index (χ1n) is 5.46. The van der Waals surface area contributed by atoms with Gasteiger partial charge < -0.3 is 5.11 Å². The lowest BCUT2D eigenvalue weighted by molar-refractivity contribution is 0.0692. The standard InChI is InChI=1S/C10H17N3O4S/c1-4-10(2,3)6-12-18(16,17)8-7(9(14)15)5-11-13-8/h5,12H,4,6H2,1-3H3,(H,11,13)(H,14,15). The molecular weight excluding hydrogens is 258 g/mol. The summed E-state index contributed by atoms with van der Waals surface area (Å²) in [6.45, 7) is 6.01. The molecule has 0 atom stereocenters. The molecule has 0 radical (unpaired) electrons. The van der Waals surface area contributed by atoms with Crippen LogP contribution in [0.1, 0.15) is 37.6 Å². The number of rotatable bonds is 6. The molecule has 0 bridgehead atoms. The molecule has 0 aromatic carbocycles. The predicted octanol–water partition coefficient (Wildman–Crippen LogP) is 0.822. The van der Waals surface area contributed by atoms with Crippen LogP contribution >= 0.6 is 0 Å². The quantitative estimate of drug-likeness (QED) is 0.711. The van der Waals surface area contributed by atoms with Crippen LogP contribution in [-0.4, -0.2) is 36.2 Å². The Kier molecular flexibility index (Phi) is 4.12. The summed E-state index contributed by atoms with van der Waals surface area (Å²) in [4.78, 5) is 10.8. The number of hydrogen-bond acceptors (Lipinski definition) is 4. The molecule has 0 spiro atoms. The van der Waals surface area contributed by atoms with Gasteiger partial charge in [-0.05, 0) is 11.8 Å². The lowest BCUT2D eigenvalue weighted by atomic mass is 9.91. The third-order valence-electron chi connectivity index (χ3n) is 2.80. The zero-order valence-corrected chi connectivity index (χ0v) is 11.3. The highest BCUT2D eigenvalue weighted by Crippen LogP contribution is 2.19. The van der Waals surface area contributed by atoms with Gasteiger partial charge in [-0.3, -0.25) is 5.10 Å². The number of sulfonamides is 1. The fourth-order valence-corrected chi connectivity index (χ4v) is 2.45. The molecule has 0 aliphatic rings. The summed E-state index contributed by atoms with van der Waals surface area (Å²) in [6, 6.07) is 0. The first-order valence-corrected chi connectivity index (χ1v) is 6.94. The topological polar surface area (TPSA) is 112 Å². The van der Waals surface area contributed by atoms with Crippen LogP contribution in [0.4, 0.5) is 0 Å². The molecule has 0 amide bonds. The molecule has 1 aromatic rings. The smallest absolute Gasteiger partial charge is 0.340 e. The third-order valence-corrected chi connectivity index (χ3v) is 4.17. The van der Waals surface area contributed by atoms with Gasteiger partial charge >= 0.3 is 5.97 Å².